The van der Waals surface area contributed by atoms with Gasteiger partial charge in [-0.3, -0.25) is 4.79 Å². The summed E-state index contributed by atoms with van der Waals surface area (Å²) in [4.78, 5) is 11.2. The van der Waals surface area contributed by atoms with E-state index in [1.807, 2.05) is 0 Å². The third-order valence-electron chi connectivity index (χ3n) is 3.57. The fourth-order valence-electron chi connectivity index (χ4n) is 2.44. The first kappa shape index (κ1) is 13.0. The summed E-state index contributed by atoms with van der Waals surface area (Å²) in [6, 6.07) is 6.25. The van der Waals surface area contributed by atoms with Gasteiger partial charge in [-0.15, -0.1) is 0 Å². The average molecular weight is 252 g/mol. The Kier molecular flexibility index (Phi) is 3.15. The zero-order valence-corrected chi connectivity index (χ0v) is 10.6. The number of carbonyl (C=O) groups is 1. The predicted octanol–water partition coefficient (Wildman–Crippen LogP) is 2.59. The SMILES string of the molecule is CC(C)(CC1(c2ccc(F)cc2)COC1)C(=O)O. The van der Waals surface area contributed by atoms with Crippen LogP contribution in [0.1, 0.15) is 25.8 Å². The number of hydrogen-bond acceptors (Lipinski definition) is 2. The molecule has 3 nitrogen and oxygen atoms in total. The van der Waals surface area contributed by atoms with Gasteiger partial charge in [-0.1, -0.05) is 12.1 Å². The summed E-state index contributed by atoms with van der Waals surface area (Å²) in [6.45, 7) is 4.41. The summed E-state index contributed by atoms with van der Waals surface area (Å²) < 4.78 is 18.2. The maximum Gasteiger partial charge on any atom is 0.309 e. The van der Waals surface area contributed by atoms with Crippen molar-refractivity contribution in [1.82, 2.24) is 0 Å². The molecule has 2 rings (SSSR count). The normalized spacial score (nSPS) is 18.2. The Labute approximate surface area is 106 Å². The van der Waals surface area contributed by atoms with Gasteiger partial charge < -0.3 is 9.84 Å². The van der Waals surface area contributed by atoms with Gasteiger partial charge in [-0.05, 0) is 38.0 Å². The molecular weight excluding hydrogens is 235 g/mol. The summed E-state index contributed by atoms with van der Waals surface area (Å²) in [5.74, 6) is -1.11. The highest BCUT2D eigenvalue weighted by atomic mass is 19.1. The molecule has 0 unspecified atom stereocenters. The van der Waals surface area contributed by atoms with Gasteiger partial charge >= 0.3 is 5.97 Å². The van der Waals surface area contributed by atoms with Crippen molar-refractivity contribution >= 4 is 5.97 Å². The predicted molar refractivity (Wildman–Crippen MR) is 64.9 cm³/mol. The lowest BCUT2D eigenvalue weighted by Gasteiger charge is -2.45. The van der Waals surface area contributed by atoms with E-state index >= 15 is 0 Å². The number of benzene rings is 1. The minimum atomic E-state index is -0.823. The van der Waals surface area contributed by atoms with E-state index in [0.29, 0.717) is 19.6 Å². The monoisotopic (exact) mass is 252 g/mol. The Hall–Kier alpha value is -1.42. The van der Waals surface area contributed by atoms with E-state index in [2.05, 4.69) is 0 Å². The Balaban J connectivity index is 2.26. The molecule has 1 saturated heterocycles. The second-order valence-corrected chi connectivity index (χ2v) is 5.65. The van der Waals surface area contributed by atoms with Crippen LogP contribution in [0.2, 0.25) is 0 Å². The van der Waals surface area contributed by atoms with Crippen molar-refractivity contribution in [2.75, 3.05) is 13.2 Å². The van der Waals surface area contributed by atoms with Gasteiger partial charge in [0.15, 0.2) is 0 Å². The fourth-order valence-corrected chi connectivity index (χ4v) is 2.44. The largest absolute Gasteiger partial charge is 0.481 e. The maximum atomic E-state index is 12.9. The van der Waals surface area contributed by atoms with Crippen LogP contribution in [0.3, 0.4) is 0 Å². The molecule has 1 fully saturated rings. The van der Waals surface area contributed by atoms with Crippen LogP contribution >= 0.6 is 0 Å². The number of halogens is 1. The van der Waals surface area contributed by atoms with E-state index in [-0.39, 0.29) is 11.2 Å². The molecular formula is C14H17FO3. The van der Waals surface area contributed by atoms with Gasteiger partial charge in [0.2, 0.25) is 0 Å². The summed E-state index contributed by atoms with van der Waals surface area (Å²) in [7, 11) is 0. The highest BCUT2D eigenvalue weighted by Gasteiger charge is 2.46. The van der Waals surface area contributed by atoms with E-state index in [9.17, 15) is 14.3 Å². The first-order valence-electron chi connectivity index (χ1n) is 5.93. The molecule has 1 aliphatic rings. The Morgan fingerprint density at radius 1 is 1.39 bits per heavy atom. The van der Waals surface area contributed by atoms with Crippen molar-refractivity contribution in [3.63, 3.8) is 0 Å². The molecule has 1 heterocycles. The van der Waals surface area contributed by atoms with Crippen molar-refractivity contribution in [1.29, 1.82) is 0 Å². The minimum Gasteiger partial charge on any atom is -0.481 e. The van der Waals surface area contributed by atoms with Crippen LogP contribution in [0.15, 0.2) is 24.3 Å². The van der Waals surface area contributed by atoms with Gasteiger partial charge in [-0.2, -0.15) is 0 Å². The summed E-state index contributed by atoms with van der Waals surface area (Å²) in [6.07, 6.45) is 0.487. The van der Waals surface area contributed by atoms with Crippen molar-refractivity contribution in [2.24, 2.45) is 5.41 Å². The van der Waals surface area contributed by atoms with Gasteiger partial charge in [0, 0.05) is 5.41 Å². The number of rotatable bonds is 4. The highest BCUT2D eigenvalue weighted by molar-refractivity contribution is 5.73. The zero-order valence-electron chi connectivity index (χ0n) is 10.6. The lowest BCUT2D eigenvalue weighted by molar-refractivity contribution is -0.152. The number of aliphatic carboxylic acids is 1. The number of carboxylic acids is 1. The second kappa shape index (κ2) is 4.35. The zero-order chi connectivity index (χ0) is 13.4. The molecule has 0 radical (unpaired) electrons. The van der Waals surface area contributed by atoms with E-state index in [0.717, 1.165) is 5.56 Å². The fraction of sp³-hybridized carbons (Fsp3) is 0.500. The first-order valence-corrected chi connectivity index (χ1v) is 5.93. The minimum absolute atomic E-state index is 0.286. The quantitative estimate of drug-likeness (QED) is 0.896. The number of ether oxygens (including phenoxy) is 1. The third kappa shape index (κ3) is 2.25. The van der Waals surface area contributed by atoms with E-state index in [1.54, 1.807) is 26.0 Å². The Bertz CT molecular complexity index is 447. The first-order chi connectivity index (χ1) is 8.36. The average Bonchev–Trinajstić information content (AvgIpc) is 2.25. The molecule has 18 heavy (non-hydrogen) atoms. The summed E-state index contributed by atoms with van der Waals surface area (Å²) >= 11 is 0. The standard InChI is InChI=1S/C14H17FO3/c1-13(2,12(16)17)7-14(8-18-9-14)10-3-5-11(15)6-4-10/h3-6H,7-9H2,1-2H3,(H,16,17). The number of hydrogen-bond donors (Lipinski definition) is 1. The molecule has 0 saturated carbocycles. The molecule has 1 aliphatic heterocycles. The molecule has 0 atom stereocenters. The molecule has 0 aliphatic carbocycles. The van der Waals surface area contributed by atoms with Gasteiger partial charge in [0.25, 0.3) is 0 Å². The van der Waals surface area contributed by atoms with Crippen molar-refractivity contribution in [3.05, 3.63) is 35.6 Å². The molecule has 0 aromatic heterocycles. The van der Waals surface area contributed by atoms with Crippen LogP contribution in [-0.4, -0.2) is 24.3 Å². The van der Waals surface area contributed by atoms with Crippen molar-refractivity contribution in [3.8, 4) is 0 Å². The van der Waals surface area contributed by atoms with Crippen LogP contribution in [0, 0.1) is 11.2 Å². The van der Waals surface area contributed by atoms with Crippen LogP contribution < -0.4 is 0 Å². The van der Waals surface area contributed by atoms with Crippen LogP contribution in [-0.2, 0) is 14.9 Å². The van der Waals surface area contributed by atoms with E-state index in [4.69, 9.17) is 4.74 Å². The highest BCUT2D eigenvalue weighted by Crippen LogP contribution is 2.42. The molecule has 4 heteroatoms. The maximum absolute atomic E-state index is 12.9. The molecule has 0 spiro atoms. The molecule has 0 bridgehead atoms. The molecule has 1 N–H and O–H groups in total. The molecule has 98 valence electrons. The Morgan fingerprint density at radius 2 is 1.94 bits per heavy atom. The molecule has 0 amide bonds. The second-order valence-electron chi connectivity index (χ2n) is 5.65. The summed E-state index contributed by atoms with van der Waals surface area (Å²) in [5, 5.41) is 9.21. The van der Waals surface area contributed by atoms with Gasteiger partial charge in [0.05, 0.1) is 18.6 Å². The van der Waals surface area contributed by atoms with Gasteiger partial charge in [-0.25, -0.2) is 4.39 Å². The summed E-state index contributed by atoms with van der Waals surface area (Å²) in [5.41, 5.74) is -0.169. The third-order valence-corrected chi connectivity index (χ3v) is 3.57. The number of carboxylic acid groups (broad SMARTS) is 1. The molecule has 1 aromatic rings. The lowest BCUT2D eigenvalue weighted by Crippen LogP contribution is -2.50. The van der Waals surface area contributed by atoms with E-state index in [1.165, 1.54) is 12.1 Å². The van der Waals surface area contributed by atoms with Crippen LogP contribution in [0.4, 0.5) is 4.39 Å². The van der Waals surface area contributed by atoms with Gasteiger partial charge in [0.1, 0.15) is 5.82 Å². The van der Waals surface area contributed by atoms with Crippen LogP contribution in [0.5, 0.6) is 0 Å². The molecule has 1 aromatic carbocycles. The topological polar surface area (TPSA) is 46.5 Å². The smallest absolute Gasteiger partial charge is 0.309 e. The van der Waals surface area contributed by atoms with Crippen molar-refractivity contribution < 1.29 is 19.0 Å². The van der Waals surface area contributed by atoms with Crippen LogP contribution in [0.25, 0.3) is 0 Å². The van der Waals surface area contributed by atoms with Crippen molar-refractivity contribution in [2.45, 2.75) is 25.7 Å². The lowest BCUT2D eigenvalue weighted by atomic mass is 9.68. The Morgan fingerprint density at radius 3 is 2.33 bits per heavy atom. The van der Waals surface area contributed by atoms with E-state index < -0.39 is 11.4 Å².